The molecule has 4 rings (SSSR count). The maximum Gasteiger partial charge on any atom is 0.253 e. The number of carbonyl (C=O) groups excluding carboxylic acids is 2. The van der Waals surface area contributed by atoms with Gasteiger partial charge in [0.05, 0.1) is 12.3 Å². The third-order valence-corrected chi connectivity index (χ3v) is 6.37. The van der Waals surface area contributed by atoms with Gasteiger partial charge in [-0.15, -0.1) is 0 Å². The zero-order valence-electron chi connectivity index (χ0n) is 17.3. The van der Waals surface area contributed by atoms with Crippen LogP contribution in [-0.4, -0.2) is 62.1 Å². The number of nitrogens with one attached hydrogen (secondary N) is 1. The Morgan fingerprint density at radius 2 is 2.00 bits per heavy atom. The number of amides is 2. The number of hydrogen-bond donors (Lipinski definition) is 2. The van der Waals surface area contributed by atoms with Gasteiger partial charge in [-0.3, -0.25) is 14.5 Å². The molecule has 0 spiro atoms. The van der Waals surface area contributed by atoms with Crippen LogP contribution < -0.4 is 16.0 Å². The van der Waals surface area contributed by atoms with Crippen molar-refractivity contribution in [1.29, 1.82) is 0 Å². The summed E-state index contributed by atoms with van der Waals surface area (Å²) in [5.74, 6) is 0.290. The molecule has 3 N–H and O–H groups in total. The first-order valence-corrected chi connectivity index (χ1v) is 11.0. The van der Waals surface area contributed by atoms with Gasteiger partial charge in [-0.25, -0.2) is 4.39 Å². The second-order valence-corrected chi connectivity index (χ2v) is 8.70. The number of halogens is 1. The van der Waals surface area contributed by atoms with Gasteiger partial charge in [-0.05, 0) is 55.7 Å². The van der Waals surface area contributed by atoms with E-state index in [1.165, 1.54) is 49.1 Å². The SMILES string of the molecule is NC[C@@H](C(=O)Nc1ccc(N2CCOCC2=O)c(F)c1)N(CC1CCC1)CC1CC1. The van der Waals surface area contributed by atoms with Crippen LogP contribution in [0.25, 0.3) is 0 Å². The summed E-state index contributed by atoms with van der Waals surface area (Å²) in [4.78, 5) is 28.6. The van der Waals surface area contributed by atoms with Gasteiger partial charge in [-0.1, -0.05) is 6.42 Å². The lowest BCUT2D eigenvalue weighted by atomic mass is 9.84. The van der Waals surface area contributed by atoms with Gasteiger partial charge in [0, 0.05) is 31.9 Å². The summed E-state index contributed by atoms with van der Waals surface area (Å²) < 4.78 is 19.8. The summed E-state index contributed by atoms with van der Waals surface area (Å²) in [7, 11) is 0. The van der Waals surface area contributed by atoms with E-state index < -0.39 is 11.9 Å². The minimum atomic E-state index is -0.545. The topological polar surface area (TPSA) is 87.9 Å². The minimum absolute atomic E-state index is 0.0477. The van der Waals surface area contributed by atoms with E-state index in [2.05, 4.69) is 10.2 Å². The van der Waals surface area contributed by atoms with Crippen LogP contribution in [0.15, 0.2) is 18.2 Å². The molecule has 3 aliphatic rings. The van der Waals surface area contributed by atoms with Crippen molar-refractivity contribution >= 4 is 23.2 Å². The fourth-order valence-electron chi connectivity index (χ4n) is 4.19. The second kappa shape index (κ2) is 9.41. The fraction of sp³-hybridized carbons (Fsp3) is 0.636. The summed E-state index contributed by atoms with van der Waals surface area (Å²) in [6.45, 7) is 2.67. The number of ether oxygens (including phenoxy) is 1. The van der Waals surface area contributed by atoms with Crippen molar-refractivity contribution in [2.45, 2.75) is 38.1 Å². The Hall–Kier alpha value is -2.03. The van der Waals surface area contributed by atoms with Crippen LogP contribution in [0, 0.1) is 17.7 Å². The Bertz CT molecular complexity index is 782. The molecule has 0 aromatic heterocycles. The van der Waals surface area contributed by atoms with E-state index in [9.17, 15) is 14.0 Å². The highest BCUT2D eigenvalue weighted by atomic mass is 19.1. The van der Waals surface area contributed by atoms with Crippen molar-refractivity contribution in [3.05, 3.63) is 24.0 Å². The molecule has 1 aliphatic heterocycles. The highest BCUT2D eigenvalue weighted by Crippen LogP contribution is 2.33. The van der Waals surface area contributed by atoms with Crippen molar-refractivity contribution in [3.8, 4) is 0 Å². The average Bonchev–Trinajstić information content (AvgIpc) is 3.50. The molecule has 1 saturated heterocycles. The van der Waals surface area contributed by atoms with Crippen LogP contribution in [0.4, 0.5) is 15.8 Å². The molecule has 7 nitrogen and oxygen atoms in total. The fourth-order valence-corrected chi connectivity index (χ4v) is 4.19. The summed E-state index contributed by atoms with van der Waals surface area (Å²) in [6, 6.07) is 4.00. The van der Waals surface area contributed by atoms with E-state index in [1.807, 2.05) is 0 Å². The number of anilines is 2. The summed E-state index contributed by atoms with van der Waals surface area (Å²) in [5, 5.41) is 2.83. The highest BCUT2D eigenvalue weighted by molar-refractivity contribution is 5.97. The first kappa shape index (κ1) is 21.2. The molecule has 2 aliphatic carbocycles. The van der Waals surface area contributed by atoms with E-state index in [1.54, 1.807) is 6.07 Å². The van der Waals surface area contributed by atoms with Gasteiger partial charge < -0.3 is 20.7 Å². The number of nitrogens with zero attached hydrogens (tertiary/aromatic N) is 2. The van der Waals surface area contributed by atoms with Crippen LogP contribution in [-0.2, 0) is 14.3 Å². The van der Waals surface area contributed by atoms with Crippen molar-refractivity contribution in [2.75, 3.05) is 49.6 Å². The zero-order valence-corrected chi connectivity index (χ0v) is 17.3. The van der Waals surface area contributed by atoms with Crippen LogP contribution in [0.5, 0.6) is 0 Å². The number of rotatable bonds is 9. The Kier molecular flexibility index (Phi) is 6.65. The lowest BCUT2D eigenvalue weighted by Crippen LogP contribution is -2.51. The molecule has 0 radical (unpaired) electrons. The van der Waals surface area contributed by atoms with Crippen molar-refractivity contribution in [3.63, 3.8) is 0 Å². The second-order valence-electron chi connectivity index (χ2n) is 8.70. The van der Waals surface area contributed by atoms with Gasteiger partial charge in [0.25, 0.3) is 5.91 Å². The first-order valence-electron chi connectivity index (χ1n) is 11.0. The predicted octanol–water partition coefficient (Wildman–Crippen LogP) is 1.97. The molecule has 1 aromatic rings. The molecule has 1 atom stereocenters. The van der Waals surface area contributed by atoms with Gasteiger partial charge in [0.2, 0.25) is 5.91 Å². The summed E-state index contributed by atoms with van der Waals surface area (Å²) in [5.41, 5.74) is 6.57. The first-order chi connectivity index (χ1) is 14.5. The van der Waals surface area contributed by atoms with E-state index in [0.29, 0.717) is 30.7 Å². The molecule has 3 fully saturated rings. The van der Waals surface area contributed by atoms with Gasteiger partial charge >= 0.3 is 0 Å². The molecule has 8 heteroatoms. The maximum atomic E-state index is 14.7. The minimum Gasteiger partial charge on any atom is -0.370 e. The quantitative estimate of drug-likeness (QED) is 0.640. The Balaban J connectivity index is 1.42. The summed E-state index contributed by atoms with van der Waals surface area (Å²) >= 11 is 0. The molecule has 30 heavy (non-hydrogen) atoms. The van der Waals surface area contributed by atoms with Crippen molar-refractivity contribution < 1.29 is 18.7 Å². The van der Waals surface area contributed by atoms with Crippen LogP contribution in [0.1, 0.15) is 32.1 Å². The standard InChI is InChI=1S/C22H31FN4O3/c23-18-10-17(6-7-19(18)27-8-9-30-14-21(27)28)25-22(29)20(11-24)26(13-16-4-5-16)12-15-2-1-3-15/h6-7,10,15-16,20H,1-5,8-9,11-14,24H2,(H,25,29)/t20-/m0/s1. The van der Waals surface area contributed by atoms with E-state index >= 15 is 0 Å². The number of morpholine rings is 1. The lowest BCUT2D eigenvalue weighted by molar-refractivity contribution is -0.125. The molecular weight excluding hydrogens is 387 g/mol. The number of benzene rings is 1. The molecule has 0 unspecified atom stereocenters. The van der Waals surface area contributed by atoms with E-state index in [4.69, 9.17) is 10.5 Å². The van der Waals surface area contributed by atoms with E-state index in [-0.39, 0.29) is 30.7 Å². The van der Waals surface area contributed by atoms with Gasteiger partial charge in [0.1, 0.15) is 18.5 Å². The lowest BCUT2D eigenvalue weighted by Gasteiger charge is -2.36. The van der Waals surface area contributed by atoms with Crippen molar-refractivity contribution in [2.24, 2.45) is 17.6 Å². The molecule has 2 amide bonds. The Labute approximate surface area is 176 Å². The number of carbonyl (C=O) groups is 2. The molecule has 164 valence electrons. The predicted molar refractivity (Wildman–Crippen MR) is 113 cm³/mol. The van der Waals surface area contributed by atoms with Gasteiger partial charge in [0.15, 0.2) is 0 Å². The van der Waals surface area contributed by atoms with Gasteiger partial charge in [-0.2, -0.15) is 0 Å². The van der Waals surface area contributed by atoms with Crippen LogP contribution in [0.2, 0.25) is 0 Å². The normalized spacial score (nSPS) is 20.9. The molecule has 1 aromatic carbocycles. The average molecular weight is 419 g/mol. The molecular formula is C22H31FN4O3. The number of hydrogen-bond acceptors (Lipinski definition) is 5. The monoisotopic (exact) mass is 418 g/mol. The largest absolute Gasteiger partial charge is 0.370 e. The third-order valence-electron chi connectivity index (χ3n) is 6.37. The highest BCUT2D eigenvalue weighted by Gasteiger charge is 2.33. The van der Waals surface area contributed by atoms with Crippen molar-refractivity contribution in [1.82, 2.24) is 4.90 Å². The van der Waals surface area contributed by atoms with E-state index in [0.717, 1.165) is 13.1 Å². The number of nitrogens with two attached hydrogens (primary N) is 1. The Morgan fingerprint density at radius 3 is 2.57 bits per heavy atom. The maximum absolute atomic E-state index is 14.7. The zero-order chi connectivity index (χ0) is 21.1. The Morgan fingerprint density at radius 1 is 1.27 bits per heavy atom. The molecule has 2 saturated carbocycles. The van der Waals surface area contributed by atoms with Crippen LogP contribution in [0.3, 0.4) is 0 Å². The molecule has 0 bridgehead atoms. The smallest absolute Gasteiger partial charge is 0.253 e. The molecule has 1 heterocycles. The summed E-state index contributed by atoms with van der Waals surface area (Å²) in [6.07, 6.45) is 6.12. The third kappa shape index (κ3) is 4.99. The van der Waals surface area contributed by atoms with Crippen LogP contribution >= 0.6 is 0 Å².